The van der Waals surface area contributed by atoms with E-state index in [9.17, 15) is 4.79 Å². The highest BCUT2D eigenvalue weighted by atomic mass is 16.5. The van der Waals surface area contributed by atoms with Crippen LogP contribution in [0.25, 0.3) is 0 Å². The molecule has 0 bridgehead atoms. The highest BCUT2D eigenvalue weighted by molar-refractivity contribution is 5.96. The highest BCUT2D eigenvalue weighted by Gasteiger charge is 2.18. The number of hydrogen-bond acceptors (Lipinski definition) is 5. The second-order valence-electron chi connectivity index (χ2n) is 5.37. The maximum absolute atomic E-state index is 11.9. The molecule has 1 aromatic carbocycles. The average molecular weight is 314 g/mol. The Morgan fingerprint density at radius 3 is 2.57 bits per heavy atom. The molecule has 0 spiro atoms. The van der Waals surface area contributed by atoms with E-state index in [-0.39, 0.29) is 5.82 Å². The maximum atomic E-state index is 11.9. The van der Waals surface area contributed by atoms with Crippen molar-refractivity contribution < 1.29 is 9.53 Å². The van der Waals surface area contributed by atoms with E-state index in [1.807, 2.05) is 43.3 Å². The number of rotatable bonds is 5. The number of nitrogens with zero attached hydrogens (tertiary/aromatic N) is 3. The monoisotopic (exact) mass is 314 g/mol. The number of hydrogen-bond donors (Lipinski definition) is 1. The number of benzene rings is 1. The van der Waals surface area contributed by atoms with Crippen molar-refractivity contribution in [1.82, 2.24) is 4.68 Å². The van der Waals surface area contributed by atoms with Gasteiger partial charge in [-0.2, -0.15) is 5.10 Å². The predicted molar refractivity (Wildman–Crippen MR) is 93.3 cm³/mol. The van der Waals surface area contributed by atoms with Gasteiger partial charge in [-0.15, -0.1) is 0 Å². The van der Waals surface area contributed by atoms with Crippen LogP contribution in [-0.4, -0.2) is 37.6 Å². The van der Waals surface area contributed by atoms with Crippen LogP contribution < -0.4 is 10.6 Å². The van der Waals surface area contributed by atoms with Crippen LogP contribution in [0.3, 0.4) is 0 Å². The van der Waals surface area contributed by atoms with E-state index >= 15 is 0 Å². The summed E-state index contributed by atoms with van der Waals surface area (Å²) in [6.07, 6.45) is 3.41. The molecule has 23 heavy (non-hydrogen) atoms. The first-order valence-electron chi connectivity index (χ1n) is 7.40. The summed E-state index contributed by atoms with van der Waals surface area (Å²) in [5.41, 5.74) is 9.17. The molecule has 2 rings (SSSR count). The van der Waals surface area contributed by atoms with Crippen molar-refractivity contribution >= 4 is 23.7 Å². The summed E-state index contributed by atoms with van der Waals surface area (Å²) in [6.45, 7) is 3.88. The van der Waals surface area contributed by atoms with Gasteiger partial charge in [-0.25, -0.2) is 9.47 Å². The van der Waals surface area contributed by atoms with Crippen molar-refractivity contribution in [2.75, 3.05) is 31.3 Å². The molecule has 6 nitrogen and oxygen atoms in total. The molecule has 0 radical (unpaired) electrons. The Balaban J connectivity index is 2.23. The van der Waals surface area contributed by atoms with Crippen molar-refractivity contribution in [3.63, 3.8) is 0 Å². The largest absolute Gasteiger partial charge is 0.462 e. The summed E-state index contributed by atoms with van der Waals surface area (Å²) < 4.78 is 6.50. The van der Waals surface area contributed by atoms with E-state index in [0.717, 1.165) is 16.8 Å². The number of nitrogens with two attached hydrogens (primary N) is 1. The summed E-state index contributed by atoms with van der Waals surface area (Å²) >= 11 is 0. The average Bonchev–Trinajstić information content (AvgIpc) is 2.80. The van der Waals surface area contributed by atoms with Crippen molar-refractivity contribution in [3.8, 4) is 0 Å². The van der Waals surface area contributed by atoms with E-state index in [2.05, 4.69) is 5.10 Å². The van der Waals surface area contributed by atoms with Crippen LogP contribution in [0.2, 0.25) is 0 Å². The third kappa shape index (κ3) is 3.71. The minimum atomic E-state index is -0.424. The summed E-state index contributed by atoms with van der Waals surface area (Å²) in [5, 5.41) is 4.32. The Labute approximate surface area is 136 Å². The lowest BCUT2D eigenvalue weighted by atomic mass is 10.2. The normalized spacial score (nSPS) is 11.0. The van der Waals surface area contributed by atoms with Crippen LogP contribution in [0, 0.1) is 6.92 Å². The van der Waals surface area contributed by atoms with Crippen molar-refractivity contribution in [2.45, 2.75) is 13.8 Å². The van der Waals surface area contributed by atoms with Crippen LogP contribution >= 0.6 is 0 Å². The van der Waals surface area contributed by atoms with Gasteiger partial charge in [0, 0.05) is 26.0 Å². The minimum Gasteiger partial charge on any atom is -0.462 e. The van der Waals surface area contributed by atoms with Gasteiger partial charge in [0.1, 0.15) is 11.4 Å². The van der Waals surface area contributed by atoms with Crippen molar-refractivity contribution in [2.24, 2.45) is 5.10 Å². The third-order valence-electron chi connectivity index (χ3n) is 3.43. The molecule has 0 unspecified atom stereocenters. The second kappa shape index (κ2) is 7.00. The summed E-state index contributed by atoms with van der Waals surface area (Å²) in [7, 11) is 3.98. The van der Waals surface area contributed by atoms with Gasteiger partial charge < -0.3 is 15.4 Å². The zero-order valence-corrected chi connectivity index (χ0v) is 13.9. The molecule has 2 N–H and O–H groups in total. The molecular formula is C17H22N4O2. The second-order valence-corrected chi connectivity index (χ2v) is 5.37. The van der Waals surface area contributed by atoms with E-state index in [4.69, 9.17) is 10.5 Å². The molecule has 1 heterocycles. The first-order chi connectivity index (χ1) is 10.9. The van der Waals surface area contributed by atoms with Gasteiger partial charge in [0.05, 0.1) is 12.8 Å². The lowest BCUT2D eigenvalue weighted by molar-refractivity contribution is 0.0527. The SMILES string of the molecule is CCOC(=O)c1c(C)cn(N=Cc2ccc(N(C)C)cc2)c1N. The third-order valence-corrected chi connectivity index (χ3v) is 3.43. The lowest BCUT2D eigenvalue weighted by Gasteiger charge is -2.11. The summed E-state index contributed by atoms with van der Waals surface area (Å²) in [4.78, 5) is 13.9. The topological polar surface area (TPSA) is 72.9 Å². The highest BCUT2D eigenvalue weighted by Crippen LogP contribution is 2.20. The molecule has 0 amide bonds. The molecular weight excluding hydrogens is 292 g/mol. The standard InChI is InChI=1S/C17H22N4O2/c1-5-23-17(22)15-12(2)11-21(16(15)18)19-10-13-6-8-14(9-7-13)20(3)4/h6-11H,5,18H2,1-4H3. The Morgan fingerprint density at radius 2 is 2.00 bits per heavy atom. The van der Waals surface area contributed by atoms with Crippen LogP contribution in [0.1, 0.15) is 28.4 Å². The number of aryl methyl sites for hydroxylation is 1. The number of aromatic nitrogens is 1. The quantitative estimate of drug-likeness (QED) is 0.680. The van der Waals surface area contributed by atoms with Gasteiger partial charge in [-0.1, -0.05) is 12.1 Å². The number of anilines is 2. The summed E-state index contributed by atoms with van der Waals surface area (Å²) in [5.74, 6) is -0.145. The number of carbonyl (C=O) groups excluding carboxylic acids is 1. The lowest BCUT2D eigenvalue weighted by Crippen LogP contribution is -2.09. The van der Waals surface area contributed by atoms with Gasteiger partial charge in [0.2, 0.25) is 0 Å². The van der Waals surface area contributed by atoms with Crippen LogP contribution in [0.15, 0.2) is 35.6 Å². The van der Waals surface area contributed by atoms with E-state index in [1.165, 1.54) is 4.68 Å². The molecule has 0 aliphatic rings. The van der Waals surface area contributed by atoms with Gasteiger partial charge in [0.25, 0.3) is 0 Å². The molecule has 2 aromatic rings. The first-order valence-corrected chi connectivity index (χ1v) is 7.40. The van der Waals surface area contributed by atoms with Crippen LogP contribution in [0.5, 0.6) is 0 Å². The molecule has 1 aromatic heterocycles. The van der Waals surface area contributed by atoms with E-state index < -0.39 is 5.97 Å². The molecule has 0 saturated carbocycles. The number of nitrogen functional groups attached to an aromatic ring is 1. The molecule has 0 saturated heterocycles. The van der Waals surface area contributed by atoms with E-state index in [0.29, 0.717) is 12.2 Å². The first kappa shape index (κ1) is 16.6. The fraction of sp³-hybridized carbons (Fsp3) is 0.294. The summed E-state index contributed by atoms with van der Waals surface area (Å²) in [6, 6.07) is 7.96. The number of ether oxygens (including phenoxy) is 1. The Bertz CT molecular complexity index is 715. The van der Waals surface area contributed by atoms with Gasteiger partial charge in [-0.3, -0.25) is 0 Å². The number of carbonyl (C=O) groups is 1. The van der Waals surface area contributed by atoms with Gasteiger partial charge in [-0.05, 0) is 37.1 Å². The van der Waals surface area contributed by atoms with Crippen molar-refractivity contribution in [3.05, 3.63) is 47.2 Å². The van der Waals surface area contributed by atoms with Gasteiger partial charge >= 0.3 is 5.97 Å². The predicted octanol–water partition coefficient (Wildman–Crippen LogP) is 2.50. The van der Waals surface area contributed by atoms with Crippen molar-refractivity contribution in [1.29, 1.82) is 0 Å². The molecule has 122 valence electrons. The van der Waals surface area contributed by atoms with E-state index in [1.54, 1.807) is 26.3 Å². The molecule has 0 aliphatic heterocycles. The molecule has 0 atom stereocenters. The Hall–Kier alpha value is -2.76. The zero-order valence-electron chi connectivity index (χ0n) is 13.9. The molecule has 0 fully saturated rings. The fourth-order valence-corrected chi connectivity index (χ4v) is 2.19. The minimum absolute atomic E-state index is 0.280. The zero-order chi connectivity index (χ0) is 17.0. The molecule has 6 heteroatoms. The van der Waals surface area contributed by atoms with Gasteiger partial charge in [0.15, 0.2) is 0 Å². The molecule has 0 aliphatic carbocycles. The Morgan fingerprint density at radius 1 is 1.35 bits per heavy atom. The van der Waals surface area contributed by atoms with Crippen LogP contribution in [0.4, 0.5) is 11.5 Å². The Kier molecular flexibility index (Phi) is 5.05. The maximum Gasteiger partial charge on any atom is 0.342 e. The smallest absolute Gasteiger partial charge is 0.342 e. The fourth-order valence-electron chi connectivity index (χ4n) is 2.19. The van der Waals surface area contributed by atoms with Crippen LogP contribution in [-0.2, 0) is 4.74 Å². The number of esters is 1.